The predicted octanol–water partition coefficient (Wildman–Crippen LogP) is 2.83. The van der Waals surface area contributed by atoms with Crippen LogP contribution in [0.5, 0.6) is 0 Å². The summed E-state index contributed by atoms with van der Waals surface area (Å²) in [6.45, 7) is 4.23. The van der Waals surface area contributed by atoms with E-state index in [0.29, 0.717) is 28.1 Å². The van der Waals surface area contributed by atoms with Crippen LogP contribution in [0.15, 0.2) is 12.1 Å². The monoisotopic (exact) mass is 270 g/mol. The number of halogens is 2. The van der Waals surface area contributed by atoms with Gasteiger partial charge in [0.15, 0.2) is 0 Å². The smallest absolute Gasteiger partial charge is 0.123 e. The average molecular weight is 271 g/mol. The maximum absolute atomic E-state index is 6.07. The number of nitrogens with two attached hydrogens (primary N) is 1. The summed E-state index contributed by atoms with van der Waals surface area (Å²) in [6, 6.07) is 3.40. The highest BCUT2D eigenvalue weighted by Crippen LogP contribution is 2.22. The van der Waals surface area contributed by atoms with Gasteiger partial charge in [0, 0.05) is 0 Å². The molecule has 4 nitrogen and oxygen atoms in total. The molecule has 6 heteroatoms. The Labute approximate surface area is 109 Å². The first-order valence-corrected chi connectivity index (χ1v) is 5.85. The van der Waals surface area contributed by atoms with Gasteiger partial charge in [-0.1, -0.05) is 23.2 Å². The Morgan fingerprint density at radius 3 is 2.59 bits per heavy atom. The summed E-state index contributed by atoms with van der Waals surface area (Å²) in [7, 11) is 0. The summed E-state index contributed by atoms with van der Waals surface area (Å²) in [5.74, 6) is 0.442. The first-order chi connectivity index (χ1) is 7.99. The SMILES string of the molecule is Cc1nn(Cc2nc(N)ccc2Cl)c(C)c1Cl. The second kappa shape index (κ2) is 4.55. The van der Waals surface area contributed by atoms with Crippen LogP contribution in [0, 0.1) is 13.8 Å². The molecule has 0 radical (unpaired) electrons. The molecule has 0 aliphatic rings. The van der Waals surface area contributed by atoms with E-state index in [1.165, 1.54) is 0 Å². The normalized spacial score (nSPS) is 10.8. The van der Waals surface area contributed by atoms with Crippen LogP contribution < -0.4 is 5.73 Å². The second-order valence-corrected chi connectivity index (χ2v) is 4.59. The minimum atomic E-state index is 0.442. The summed E-state index contributed by atoms with van der Waals surface area (Å²) in [4.78, 5) is 4.19. The molecule has 90 valence electrons. The predicted molar refractivity (Wildman–Crippen MR) is 69.5 cm³/mol. The van der Waals surface area contributed by atoms with Crippen LogP contribution in [0.1, 0.15) is 17.1 Å². The second-order valence-electron chi connectivity index (χ2n) is 3.81. The molecule has 2 rings (SSSR count). The van der Waals surface area contributed by atoms with Gasteiger partial charge < -0.3 is 5.73 Å². The van der Waals surface area contributed by atoms with Crippen molar-refractivity contribution in [2.24, 2.45) is 0 Å². The standard InChI is InChI=1S/C11H12Cl2N4/c1-6-11(13)7(2)17(16-6)5-9-8(12)3-4-10(14)15-9/h3-4H,5H2,1-2H3,(H2,14,15). The molecular weight excluding hydrogens is 259 g/mol. The first kappa shape index (κ1) is 12.2. The lowest BCUT2D eigenvalue weighted by Gasteiger charge is -2.06. The lowest BCUT2D eigenvalue weighted by Crippen LogP contribution is -2.07. The Balaban J connectivity index is 2.37. The quantitative estimate of drug-likeness (QED) is 0.913. The van der Waals surface area contributed by atoms with Gasteiger partial charge in [-0.15, -0.1) is 0 Å². The third-order valence-electron chi connectivity index (χ3n) is 2.53. The molecule has 17 heavy (non-hydrogen) atoms. The highest BCUT2D eigenvalue weighted by Gasteiger charge is 2.11. The zero-order valence-corrected chi connectivity index (χ0v) is 11.0. The molecule has 0 bridgehead atoms. The van der Waals surface area contributed by atoms with Gasteiger partial charge in [-0.05, 0) is 26.0 Å². The third kappa shape index (κ3) is 2.37. The van der Waals surface area contributed by atoms with Crippen molar-refractivity contribution in [3.8, 4) is 0 Å². The lowest BCUT2D eigenvalue weighted by molar-refractivity contribution is 0.648. The van der Waals surface area contributed by atoms with Gasteiger partial charge >= 0.3 is 0 Å². The van der Waals surface area contributed by atoms with E-state index in [1.807, 2.05) is 13.8 Å². The van der Waals surface area contributed by atoms with Gasteiger partial charge in [0.05, 0.1) is 33.7 Å². The van der Waals surface area contributed by atoms with Gasteiger partial charge in [-0.3, -0.25) is 4.68 Å². The van der Waals surface area contributed by atoms with Gasteiger partial charge in [0.2, 0.25) is 0 Å². The Morgan fingerprint density at radius 2 is 2.00 bits per heavy atom. The number of nitrogen functional groups attached to an aromatic ring is 1. The largest absolute Gasteiger partial charge is 0.384 e. The topological polar surface area (TPSA) is 56.7 Å². The van der Waals surface area contributed by atoms with E-state index in [4.69, 9.17) is 28.9 Å². The Kier molecular flexibility index (Phi) is 3.26. The van der Waals surface area contributed by atoms with E-state index in [-0.39, 0.29) is 0 Å². The summed E-state index contributed by atoms with van der Waals surface area (Å²) < 4.78 is 1.77. The number of anilines is 1. The molecule has 2 N–H and O–H groups in total. The van der Waals surface area contributed by atoms with Crippen LogP contribution in [0.2, 0.25) is 10.0 Å². The van der Waals surface area contributed by atoms with E-state index in [0.717, 1.165) is 11.4 Å². The van der Waals surface area contributed by atoms with Crippen LogP contribution in [-0.4, -0.2) is 14.8 Å². The number of hydrogen-bond donors (Lipinski definition) is 1. The maximum atomic E-state index is 6.07. The minimum Gasteiger partial charge on any atom is -0.384 e. The number of nitrogens with zero attached hydrogens (tertiary/aromatic N) is 3. The molecule has 0 saturated carbocycles. The third-order valence-corrected chi connectivity index (χ3v) is 3.42. The molecule has 2 heterocycles. The van der Waals surface area contributed by atoms with Crippen LogP contribution in [-0.2, 0) is 6.54 Å². The van der Waals surface area contributed by atoms with Crippen molar-refractivity contribution in [1.29, 1.82) is 0 Å². The van der Waals surface area contributed by atoms with E-state index < -0.39 is 0 Å². The van der Waals surface area contributed by atoms with Gasteiger partial charge in [0.25, 0.3) is 0 Å². The van der Waals surface area contributed by atoms with Crippen molar-refractivity contribution in [1.82, 2.24) is 14.8 Å². The van der Waals surface area contributed by atoms with Gasteiger partial charge in [0.1, 0.15) is 5.82 Å². The van der Waals surface area contributed by atoms with Crippen LogP contribution in [0.25, 0.3) is 0 Å². The average Bonchev–Trinajstić information content (AvgIpc) is 2.52. The minimum absolute atomic E-state index is 0.442. The molecule has 0 amide bonds. The molecule has 0 spiro atoms. The van der Waals surface area contributed by atoms with Crippen LogP contribution >= 0.6 is 23.2 Å². The van der Waals surface area contributed by atoms with E-state index in [1.54, 1.807) is 16.8 Å². The van der Waals surface area contributed by atoms with Crippen molar-refractivity contribution in [3.63, 3.8) is 0 Å². The lowest BCUT2D eigenvalue weighted by atomic mass is 10.3. The highest BCUT2D eigenvalue weighted by atomic mass is 35.5. The van der Waals surface area contributed by atoms with E-state index >= 15 is 0 Å². The molecule has 0 aliphatic carbocycles. The number of hydrogen-bond acceptors (Lipinski definition) is 3. The Bertz CT molecular complexity index is 563. The van der Waals surface area contributed by atoms with Crippen molar-refractivity contribution in [3.05, 3.63) is 39.3 Å². The summed E-state index contributed by atoms with van der Waals surface area (Å²) in [5.41, 5.74) is 8.01. The van der Waals surface area contributed by atoms with Crippen LogP contribution in [0.3, 0.4) is 0 Å². The zero-order valence-electron chi connectivity index (χ0n) is 9.54. The highest BCUT2D eigenvalue weighted by molar-refractivity contribution is 6.32. The molecule has 0 atom stereocenters. The molecule has 0 saturated heterocycles. The fourth-order valence-electron chi connectivity index (χ4n) is 1.58. The fourth-order valence-corrected chi connectivity index (χ4v) is 1.88. The van der Waals surface area contributed by atoms with Crippen molar-refractivity contribution in [2.45, 2.75) is 20.4 Å². The number of rotatable bonds is 2. The van der Waals surface area contributed by atoms with Crippen LogP contribution in [0.4, 0.5) is 5.82 Å². The summed E-state index contributed by atoms with van der Waals surface area (Å²) >= 11 is 12.1. The van der Waals surface area contributed by atoms with Crippen molar-refractivity contribution >= 4 is 29.0 Å². The van der Waals surface area contributed by atoms with Crippen molar-refractivity contribution in [2.75, 3.05) is 5.73 Å². The number of aromatic nitrogens is 3. The molecule has 2 aromatic heterocycles. The molecule has 0 unspecified atom stereocenters. The van der Waals surface area contributed by atoms with E-state index in [2.05, 4.69) is 10.1 Å². The van der Waals surface area contributed by atoms with E-state index in [9.17, 15) is 0 Å². The van der Waals surface area contributed by atoms with Crippen molar-refractivity contribution < 1.29 is 0 Å². The fraction of sp³-hybridized carbons (Fsp3) is 0.273. The Hall–Kier alpha value is -1.26. The zero-order chi connectivity index (χ0) is 12.6. The summed E-state index contributed by atoms with van der Waals surface area (Å²) in [5, 5.41) is 5.56. The first-order valence-electron chi connectivity index (χ1n) is 5.09. The number of pyridine rings is 1. The molecule has 0 aromatic carbocycles. The molecular formula is C11H12Cl2N4. The summed E-state index contributed by atoms with van der Waals surface area (Å²) in [6.07, 6.45) is 0. The molecule has 0 aliphatic heterocycles. The molecule has 2 aromatic rings. The van der Waals surface area contributed by atoms with Gasteiger partial charge in [-0.25, -0.2) is 4.98 Å². The Morgan fingerprint density at radius 1 is 1.29 bits per heavy atom. The van der Waals surface area contributed by atoms with Gasteiger partial charge in [-0.2, -0.15) is 5.10 Å². The number of aryl methyl sites for hydroxylation is 1. The maximum Gasteiger partial charge on any atom is 0.123 e. The molecule has 0 fully saturated rings.